The van der Waals surface area contributed by atoms with E-state index in [9.17, 15) is 9.59 Å². The fourth-order valence-corrected chi connectivity index (χ4v) is 4.90. The minimum atomic E-state index is -0.295. The van der Waals surface area contributed by atoms with Crippen molar-refractivity contribution in [3.63, 3.8) is 0 Å². The average molecular weight is 463 g/mol. The summed E-state index contributed by atoms with van der Waals surface area (Å²) in [5.41, 5.74) is 5.63. The maximum absolute atomic E-state index is 13.5. The summed E-state index contributed by atoms with van der Waals surface area (Å²) in [5, 5.41) is 7.51. The zero-order valence-corrected chi connectivity index (χ0v) is 20.4. The van der Waals surface area contributed by atoms with Gasteiger partial charge in [-0.1, -0.05) is 23.4 Å². The molecular formula is C25H26N4O3S. The molecule has 2 amide bonds. The van der Waals surface area contributed by atoms with Crippen LogP contribution in [0.2, 0.25) is 0 Å². The second-order valence-electron chi connectivity index (χ2n) is 8.31. The third-order valence-electron chi connectivity index (χ3n) is 5.64. The minimum Gasteiger partial charge on any atom is -0.335 e. The molecule has 0 spiro atoms. The van der Waals surface area contributed by atoms with Crippen LogP contribution in [0.1, 0.15) is 36.9 Å². The van der Waals surface area contributed by atoms with E-state index in [0.29, 0.717) is 28.1 Å². The first-order valence-electron chi connectivity index (χ1n) is 10.6. The van der Waals surface area contributed by atoms with Crippen LogP contribution < -0.4 is 5.32 Å². The van der Waals surface area contributed by atoms with Crippen LogP contribution in [-0.2, 0) is 4.79 Å². The Hall–Kier alpha value is -3.52. The highest BCUT2D eigenvalue weighted by molar-refractivity contribution is 7.12. The van der Waals surface area contributed by atoms with Crippen molar-refractivity contribution < 1.29 is 14.1 Å². The summed E-state index contributed by atoms with van der Waals surface area (Å²) in [6.45, 7) is 9.62. The van der Waals surface area contributed by atoms with Gasteiger partial charge in [0.2, 0.25) is 5.91 Å². The van der Waals surface area contributed by atoms with Crippen molar-refractivity contribution in [2.45, 2.75) is 34.6 Å². The van der Waals surface area contributed by atoms with Gasteiger partial charge in [0.25, 0.3) is 11.6 Å². The molecule has 3 aromatic heterocycles. The predicted octanol–water partition coefficient (Wildman–Crippen LogP) is 5.20. The number of anilines is 1. The largest absolute Gasteiger partial charge is 0.335 e. The smallest absolute Gasteiger partial charge is 0.259 e. The molecule has 33 heavy (non-hydrogen) atoms. The second kappa shape index (κ2) is 8.78. The van der Waals surface area contributed by atoms with Crippen molar-refractivity contribution in [1.82, 2.24) is 15.0 Å². The summed E-state index contributed by atoms with van der Waals surface area (Å²) in [5.74, 6) is -0.559. The molecule has 0 fully saturated rings. The van der Waals surface area contributed by atoms with Gasteiger partial charge in [-0.15, -0.1) is 11.3 Å². The number of benzene rings is 1. The predicted molar refractivity (Wildman–Crippen MR) is 131 cm³/mol. The summed E-state index contributed by atoms with van der Waals surface area (Å²) >= 11 is 1.67. The summed E-state index contributed by atoms with van der Waals surface area (Å²) in [4.78, 5) is 34.5. The quantitative estimate of drug-likeness (QED) is 0.440. The molecule has 0 saturated carbocycles. The Balaban J connectivity index is 1.65. The van der Waals surface area contributed by atoms with Crippen LogP contribution in [0, 0.1) is 34.6 Å². The van der Waals surface area contributed by atoms with Crippen LogP contribution in [0.25, 0.3) is 22.4 Å². The topological polar surface area (TPSA) is 88.3 Å². The van der Waals surface area contributed by atoms with E-state index in [-0.39, 0.29) is 18.4 Å². The molecule has 0 unspecified atom stereocenters. The molecule has 0 bridgehead atoms. The van der Waals surface area contributed by atoms with Crippen LogP contribution >= 0.6 is 11.3 Å². The molecule has 0 aliphatic heterocycles. The molecule has 1 aromatic carbocycles. The van der Waals surface area contributed by atoms with Crippen molar-refractivity contribution >= 4 is 39.9 Å². The van der Waals surface area contributed by atoms with Gasteiger partial charge in [-0.2, -0.15) is 0 Å². The van der Waals surface area contributed by atoms with Gasteiger partial charge < -0.3 is 14.7 Å². The highest BCUT2D eigenvalue weighted by Crippen LogP contribution is 2.33. The number of aromatic nitrogens is 2. The van der Waals surface area contributed by atoms with Crippen molar-refractivity contribution in [3.05, 3.63) is 62.5 Å². The van der Waals surface area contributed by atoms with Gasteiger partial charge in [0, 0.05) is 28.1 Å². The van der Waals surface area contributed by atoms with E-state index in [1.165, 1.54) is 4.90 Å². The average Bonchev–Trinajstić information content (AvgIpc) is 3.30. The summed E-state index contributed by atoms with van der Waals surface area (Å²) in [7, 11) is 1.61. The number of para-hydroxylation sites is 1. The number of amides is 2. The molecule has 0 radical (unpaired) electrons. The van der Waals surface area contributed by atoms with E-state index < -0.39 is 0 Å². The molecular weight excluding hydrogens is 436 g/mol. The lowest BCUT2D eigenvalue weighted by Gasteiger charge is -2.19. The van der Waals surface area contributed by atoms with Gasteiger partial charge in [-0.25, -0.2) is 4.98 Å². The summed E-state index contributed by atoms with van der Waals surface area (Å²) < 4.78 is 5.41. The molecule has 7 nitrogen and oxygen atoms in total. The standard InChI is InChI=1S/C25H26N4O3S/c1-13-8-7-9-14(2)23(13)27-21(30)12-29(6)25(31)19-11-20(18-10-15(3)33-17(18)5)26-24-22(19)16(4)28-32-24/h7-11H,12H2,1-6H3,(H,27,30). The molecule has 0 saturated heterocycles. The minimum absolute atomic E-state index is 0.0906. The summed E-state index contributed by atoms with van der Waals surface area (Å²) in [6, 6.07) is 9.64. The molecule has 4 aromatic rings. The van der Waals surface area contributed by atoms with E-state index in [2.05, 4.69) is 15.5 Å². The van der Waals surface area contributed by atoms with Gasteiger partial charge in [0.1, 0.15) is 0 Å². The van der Waals surface area contributed by atoms with Crippen molar-refractivity contribution in [2.24, 2.45) is 0 Å². The molecule has 3 heterocycles. The Kier molecular flexibility index (Phi) is 6.03. The van der Waals surface area contributed by atoms with Crippen LogP contribution in [0.5, 0.6) is 0 Å². The van der Waals surface area contributed by atoms with Gasteiger partial charge in [0.15, 0.2) is 0 Å². The number of pyridine rings is 1. The van der Waals surface area contributed by atoms with Gasteiger partial charge in [0.05, 0.1) is 28.9 Å². The molecule has 0 aliphatic carbocycles. The van der Waals surface area contributed by atoms with Crippen LogP contribution in [-0.4, -0.2) is 40.4 Å². The molecule has 0 atom stereocenters. The number of hydrogen-bond donors (Lipinski definition) is 1. The number of fused-ring (bicyclic) bond motifs is 1. The lowest BCUT2D eigenvalue weighted by Crippen LogP contribution is -2.35. The fraction of sp³-hybridized carbons (Fsp3) is 0.280. The number of nitrogens with one attached hydrogen (secondary N) is 1. The van der Waals surface area contributed by atoms with Crippen LogP contribution in [0.15, 0.2) is 34.9 Å². The Morgan fingerprint density at radius 1 is 1.09 bits per heavy atom. The third kappa shape index (κ3) is 4.39. The molecule has 170 valence electrons. The van der Waals surface area contributed by atoms with E-state index >= 15 is 0 Å². The highest BCUT2D eigenvalue weighted by atomic mass is 32.1. The Morgan fingerprint density at radius 3 is 2.42 bits per heavy atom. The van der Waals surface area contributed by atoms with Crippen molar-refractivity contribution in [1.29, 1.82) is 0 Å². The van der Waals surface area contributed by atoms with E-state index in [1.807, 2.05) is 52.0 Å². The molecule has 0 aliphatic rings. The molecule has 8 heteroatoms. The SMILES string of the molecule is Cc1cc(-c2cc(C(=O)N(C)CC(=O)Nc3c(C)cccc3C)c3c(C)noc3n2)c(C)s1. The van der Waals surface area contributed by atoms with Gasteiger partial charge >= 0.3 is 0 Å². The highest BCUT2D eigenvalue weighted by Gasteiger charge is 2.24. The van der Waals surface area contributed by atoms with Gasteiger partial charge in [-0.05, 0) is 57.9 Å². The lowest BCUT2D eigenvalue weighted by molar-refractivity contribution is -0.116. The number of hydrogen-bond acceptors (Lipinski definition) is 6. The number of carbonyl (C=O) groups is 2. The number of likely N-dealkylation sites (N-methyl/N-ethyl adjacent to an activating group) is 1. The zero-order chi connectivity index (χ0) is 23.9. The van der Waals surface area contributed by atoms with E-state index in [0.717, 1.165) is 32.1 Å². The van der Waals surface area contributed by atoms with E-state index in [1.54, 1.807) is 31.4 Å². The molecule has 4 rings (SSSR count). The maximum Gasteiger partial charge on any atom is 0.259 e. The Labute approximate surface area is 196 Å². The normalized spacial score (nSPS) is 11.1. The van der Waals surface area contributed by atoms with Crippen molar-refractivity contribution in [3.8, 4) is 11.3 Å². The van der Waals surface area contributed by atoms with E-state index in [4.69, 9.17) is 4.52 Å². The van der Waals surface area contributed by atoms with Crippen LogP contribution in [0.4, 0.5) is 5.69 Å². The third-order valence-corrected chi connectivity index (χ3v) is 6.60. The van der Waals surface area contributed by atoms with Crippen molar-refractivity contribution in [2.75, 3.05) is 18.9 Å². The number of carbonyl (C=O) groups excluding carboxylic acids is 2. The van der Waals surface area contributed by atoms with Crippen LogP contribution in [0.3, 0.4) is 0 Å². The number of nitrogens with zero attached hydrogens (tertiary/aromatic N) is 3. The molecule has 1 N–H and O–H groups in total. The lowest BCUT2D eigenvalue weighted by atomic mass is 10.0. The fourth-order valence-electron chi connectivity index (χ4n) is 3.97. The Morgan fingerprint density at radius 2 is 1.79 bits per heavy atom. The van der Waals surface area contributed by atoms with Gasteiger partial charge in [-0.3, -0.25) is 9.59 Å². The second-order valence-corrected chi connectivity index (χ2v) is 9.77. The number of aryl methyl sites for hydroxylation is 5. The monoisotopic (exact) mass is 462 g/mol. The first-order chi connectivity index (χ1) is 15.7. The number of rotatable bonds is 5. The first-order valence-corrected chi connectivity index (χ1v) is 11.4. The maximum atomic E-state index is 13.5. The number of thiophene rings is 1. The Bertz CT molecular complexity index is 1370. The zero-order valence-electron chi connectivity index (χ0n) is 19.6. The first kappa shape index (κ1) is 22.7. The summed E-state index contributed by atoms with van der Waals surface area (Å²) in [6.07, 6.45) is 0.